The molecule has 0 saturated heterocycles. The number of aliphatic hydroxyl groups is 1. The molecule has 0 aliphatic heterocycles. The highest BCUT2D eigenvalue weighted by Gasteiger charge is 2.12. The second kappa shape index (κ2) is 6.71. The highest BCUT2D eigenvalue weighted by Crippen LogP contribution is 2.17. The third kappa shape index (κ3) is 3.46. The lowest BCUT2D eigenvalue weighted by Gasteiger charge is -2.15. The number of hydrogen-bond donors (Lipinski definition) is 2. The number of aliphatic hydroxyl groups excluding tert-OH is 1. The summed E-state index contributed by atoms with van der Waals surface area (Å²) in [4.78, 5) is 4.51. The smallest absolute Gasteiger partial charge is 0.119 e. The molecule has 2 aromatic carbocycles. The molecule has 2 N–H and O–H groups in total. The van der Waals surface area contributed by atoms with Crippen LogP contribution in [0.15, 0.2) is 48.5 Å². The first kappa shape index (κ1) is 15.4. The Hall–Kier alpha value is -2.53. The molecule has 3 aromatic rings. The lowest BCUT2D eigenvalue weighted by Crippen LogP contribution is -2.24. The highest BCUT2D eigenvalue weighted by molar-refractivity contribution is 5.75. The first-order valence-corrected chi connectivity index (χ1v) is 7.68. The van der Waals surface area contributed by atoms with Crippen molar-refractivity contribution in [3.8, 4) is 5.75 Å². The third-order valence-electron chi connectivity index (χ3n) is 3.82. The van der Waals surface area contributed by atoms with Gasteiger partial charge in [-0.3, -0.25) is 0 Å². The lowest BCUT2D eigenvalue weighted by atomic mass is 10.3. The summed E-state index contributed by atoms with van der Waals surface area (Å²) in [6.45, 7) is 2.65. The number of benzene rings is 2. The largest absolute Gasteiger partial charge is 0.491 e. The minimum absolute atomic E-state index is 0.241. The van der Waals surface area contributed by atoms with E-state index in [-0.39, 0.29) is 6.61 Å². The van der Waals surface area contributed by atoms with Gasteiger partial charge in [-0.15, -0.1) is 0 Å². The Bertz CT molecular complexity index is 781. The molecule has 0 spiro atoms. The Morgan fingerprint density at radius 1 is 1.17 bits per heavy atom. The van der Waals surface area contributed by atoms with Gasteiger partial charge in [0.05, 0.1) is 17.6 Å². The van der Waals surface area contributed by atoms with Crippen LogP contribution >= 0.6 is 0 Å². The number of anilines is 1. The van der Waals surface area contributed by atoms with Crippen molar-refractivity contribution in [2.24, 2.45) is 0 Å². The fraction of sp³-hybridized carbons (Fsp3) is 0.278. The van der Waals surface area contributed by atoms with Crippen LogP contribution in [0.4, 0.5) is 5.69 Å². The minimum atomic E-state index is -0.602. The molecule has 120 valence electrons. The van der Waals surface area contributed by atoms with Gasteiger partial charge in [-0.1, -0.05) is 12.1 Å². The molecule has 5 heteroatoms. The molecule has 0 fully saturated rings. The van der Waals surface area contributed by atoms with Crippen LogP contribution in [0.3, 0.4) is 0 Å². The number of para-hydroxylation sites is 2. The van der Waals surface area contributed by atoms with E-state index in [0.717, 1.165) is 28.3 Å². The molecule has 0 unspecified atom stereocenters. The van der Waals surface area contributed by atoms with Crippen LogP contribution in [0.2, 0.25) is 0 Å². The first-order valence-electron chi connectivity index (χ1n) is 7.68. The van der Waals surface area contributed by atoms with Crippen molar-refractivity contribution in [3.05, 3.63) is 54.4 Å². The zero-order chi connectivity index (χ0) is 16.2. The Kier molecular flexibility index (Phi) is 4.48. The topological polar surface area (TPSA) is 59.3 Å². The van der Waals surface area contributed by atoms with Gasteiger partial charge in [0, 0.05) is 12.7 Å². The zero-order valence-electron chi connectivity index (χ0n) is 13.4. The van der Waals surface area contributed by atoms with Crippen molar-refractivity contribution in [1.29, 1.82) is 0 Å². The maximum Gasteiger partial charge on any atom is 0.119 e. The summed E-state index contributed by atoms with van der Waals surface area (Å²) in [6.07, 6.45) is -0.602. The van der Waals surface area contributed by atoms with Crippen molar-refractivity contribution >= 4 is 16.7 Å². The number of nitrogens with zero attached hydrogens (tertiary/aromatic N) is 2. The summed E-state index contributed by atoms with van der Waals surface area (Å²) in [5, 5.41) is 13.3. The molecule has 3 rings (SSSR count). The molecule has 0 radical (unpaired) electrons. The van der Waals surface area contributed by atoms with E-state index in [9.17, 15) is 5.11 Å². The maximum atomic E-state index is 10.3. The van der Waals surface area contributed by atoms with E-state index >= 15 is 0 Å². The normalized spacial score (nSPS) is 12.3. The van der Waals surface area contributed by atoms with Gasteiger partial charge in [0.15, 0.2) is 0 Å². The van der Waals surface area contributed by atoms with Gasteiger partial charge in [0.2, 0.25) is 0 Å². The molecule has 0 amide bonds. The Morgan fingerprint density at radius 2 is 1.91 bits per heavy atom. The number of imidazole rings is 1. The third-order valence-corrected chi connectivity index (χ3v) is 3.82. The fourth-order valence-electron chi connectivity index (χ4n) is 2.60. The van der Waals surface area contributed by atoms with Crippen LogP contribution in [-0.4, -0.2) is 34.4 Å². The van der Waals surface area contributed by atoms with E-state index < -0.39 is 6.10 Å². The summed E-state index contributed by atoms with van der Waals surface area (Å²) >= 11 is 0. The van der Waals surface area contributed by atoms with E-state index in [1.165, 1.54) is 0 Å². The van der Waals surface area contributed by atoms with Gasteiger partial charge >= 0.3 is 0 Å². The number of fused-ring (bicyclic) bond motifs is 1. The molecular formula is C18H21N3O2. The summed E-state index contributed by atoms with van der Waals surface area (Å²) in [7, 11) is 1.87. The summed E-state index contributed by atoms with van der Waals surface area (Å²) in [5.74, 6) is 1.64. The van der Waals surface area contributed by atoms with Crippen molar-refractivity contribution in [2.75, 3.05) is 19.0 Å². The number of hydrogen-bond acceptors (Lipinski definition) is 4. The van der Waals surface area contributed by atoms with Gasteiger partial charge < -0.3 is 19.7 Å². The fourth-order valence-corrected chi connectivity index (χ4v) is 2.60. The molecule has 0 bridgehead atoms. The predicted molar refractivity (Wildman–Crippen MR) is 92.0 cm³/mol. The summed E-state index contributed by atoms with van der Waals surface area (Å²) < 4.78 is 7.68. The van der Waals surface area contributed by atoms with E-state index in [4.69, 9.17) is 4.74 Å². The van der Waals surface area contributed by atoms with Crippen LogP contribution in [-0.2, 0) is 6.54 Å². The van der Waals surface area contributed by atoms with Gasteiger partial charge in [-0.25, -0.2) is 4.98 Å². The summed E-state index contributed by atoms with van der Waals surface area (Å²) in [6, 6.07) is 15.6. The lowest BCUT2D eigenvalue weighted by molar-refractivity contribution is 0.0929. The van der Waals surface area contributed by atoms with Crippen molar-refractivity contribution in [1.82, 2.24) is 9.55 Å². The Labute approximate surface area is 135 Å². The van der Waals surface area contributed by atoms with Gasteiger partial charge in [0.1, 0.15) is 24.3 Å². The second-order valence-corrected chi connectivity index (χ2v) is 5.50. The number of ether oxygens (including phenoxy) is 1. The second-order valence-electron chi connectivity index (χ2n) is 5.50. The Balaban J connectivity index is 1.64. The number of aryl methyl sites for hydroxylation is 1. The van der Waals surface area contributed by atoms with E-state index in [1.807, 2.05) is 67.1 Å². The predicted octanol–water partition coefficient (Wildman–Crippen LogP) is 2.83. The number of nitrogens with one attached hydrogen (secondary N) is 1. The standard InChI is InChI=1S/C18H21N3O2/c1-13-20-17-5-3-4-6-18(17)21(13)11-15(22)12-23-16-9-7-14(19-2)8-10-16/h3-10,15,19,22H,11-12H2,1-2H3/t15-/m0/s1. The molecule has 1 heterocycles. The van der Waals surface area contributed by atoms with Gasteiger partial charge in [0.25, 0.3) is 0 Å². The van der Waals surface area contributed by atoms with Crippen molar-refractivity contribution < 1.29 is 9.84 Å². The number of aromatic nitrogens is 2. The van der Waals surface area contributed by atoms with Gasteiger partial charge in [-0.2, -0.15) is 0 Å². The van der Waals surface area contributed by atoms with Crippen LogP contribution in [0, 0.1) is 6.92 Å². The Morgan fingerprint density at radius 3 is 2.65 bits per heavy atom. The van der Waals surface area contributed by atoms with E-state index in [2.05, 4.69) is 10.3 Å². The zero-order valence-corrected chi connectivity index (χ0v) is 13.4. The SMILES string of the molecule is CNc1ccc(OC[C@@H](O)Cn2c(C)nc3ccccc32)cc1. The molecule has 0 saturated carbocycles. The molecule has 5 nitrogen and oxygen atoms in total. The number of rotatable bonds is 6. The minimum Gasteiger partial charge on any atom is -0.491 e. The molecule has 23 heavy (non-hydrogen) atoms. The summed E-state index contributed by atoms with van der Waals surface area (Å²) in [5.41, 5.74) is 3.00. The maximum absolute atomic E-state index is 10.3. The van der Waals surface area contributed by atoms with Crippen LogP contribution in [0.1, 0.15) is 5.82 Å². The molecule has 0 aliphatic rings. The average Bonchev–Trinajstić information content (AvgIpc) is 2.89. The first-order chi connectivity index (χ1) is 11.2. The van der Waals surface area contributed by atoms with E-state index in [1.54, 1.807) is 0 Å². The quantitative estimate of drug-likeness (QED) is 0.735. The van der Waals surface area contributed by atoms with E-state index in [0.29, 0.717) is 6.54 Å². The van der Waals surface area contributed by atoms with Gasteiger partial charge in [-0.05, 0) is 43.3 Å². The van der Waals surface area contributed by atoms with Crippen molar-refractivity contribution in [3.63, 3.8) is 0 Å². The van der Waals surface area contributed by atoms with Crippen LogP contribution in [0.25, 0.3) is 11.0 Å². The highest BCUT2D eigenvalue weighted by atomic mass is 16.5. The average molecular weight is 311 g/mol. The molecule has 1 aromatic heterocycles. The molecule has 0 aliphatic carbocycles. The monoisotopic (exact) mass is 311 g/mol. The van der Waals surface area contributed by atoms with Crippen molar-refractivity contribution in [2.45, 2.75) is 19.6 Å². The van der Waals surface area contributed by atoms with Crippen LogP contribution < -0.4 is 10.1 Å². The molecule has 1 atom stereocenters. The van der Waals surface area contributed by atoms with Crippen LogP contribution in [0.5, 0.6) is 5.75 Å². The molecular weight excluding hydrogens is 290 g/mol.